The molecule has 0 saturated heterocycles. The van der Waals surface area contributed by atoms with Gasteiger partial charge in [-0.1, -0.05) is 6.08 Å². The van der Waals surface area contributed by atoms with E-state index in [9.17, 15) is 4.79 Å². The molecule has 0 fully saturated rings. The van der Waals surface area contributed by atoms with Crippen molar-refractivity contribution in [1.82, 2.24) is 4.98 Å². The predicted octanol–water partition coefficient (Wildman–Crippen LogP) is 3.13. The highest BCUT2D eigenvalue weighted by molar-refractivity contribution is 7.13. The number of aromatic nitrogens is 1. The molecule has 3 heteroatoms. The first kappa shape index (κ1) is 9.59. The van der Waals surface area contributed by atoms with Gasteiger partial charge in [0.15, 0.2) is 5.78 Å². The Balaban J connectivity index is 2.19. The van der Waals surface area contributed by atoms with Crippen molar-refractivity contribution in [2.75, 3.05) is 0 Å². The Morgan fingerprint density at radius 1 is 1.50 bits per heavy atom. The Bertz CT molecular complexity index is 378. The zero-order chi connectivity index (χ0) is 9.97. The fourth-order valence-electron chi connectivity index (χ4n) is 1.67. The van der Waals surface area contributed by atoms with Crippen LogP contribution in [-0.2, 0) is 0 Å². The SMILES string of the molecule is Cc1ncc(C(=O)C2=CCCCC2)s1. The van der Waals surface area contributed by atoms with Crippen molar-refractivity contribution in [3.8, 4) is 0 Å². The predicted molar refractivity (Wildman–Crippen MR) is 57.7 cm³/mol. The number of carbonyl (C=O) groups excluding carboxylic acids is 1. The molecule has 1 heterocycles. The summed E-state index contributed by atoms with van der Waals surface area (Å²) in [5.41, 5.74) is 0.986. The molecule has 0 N–H and O–H groups in total. The molecule has 0 bridgehead atoms. The summed E-state index contributed by atoms with van der Waals surface area (Å²) in [6.45, 7) is 1.93. The monoisotopic (exact) mass is 207 g/mol. The van der Waals surface area contributed by atoms with Crippen LogP contribution in [0.5, 0.6) is 0 Å². The van der Waals surface area contributed by atoms with E-state index in [4.69, 9.17) is 0 Å². The second-order valence-corrected chi connectivity index (χ2v) is 4.78. The van der Waals surface area contributed by atoms with Gasteiger partial charge in [0.05, 0.1) is 9.88 Å². The summed E-state index contributed by atoms with van der Waals surface area (Å²) < 4.78 is 0. The highest BCUT2D eigenvalue weighted by Crippen LogP contribution is 2.23. The van der Waals surface area contributed by atoms with Gasteiger partial charge in [-0.15, -0.1) is 11.3 Å². The maximum absolute atomic E-state index is 11.9. The van der Waals surface area contributed by atoms with Gasteiger partial charge < -0.3 is 0 Å². The summed E-state index contributed by atoms with van der Waals surface area (Å²) in [6.07, 6.45) is 8.14. The van der Waals surface area contributed by atoms with Crippen LogP contribution in [0.15, 0.2) is 17.8 Å². The number of carbonyl (C=O) groups is 1. The fourth-order valence-corrected chi connectivity index (χ4v) is 2.42. The number of hydrogen-bond acceptors (Lipinski definition) is 3. The summed E-state index contributed by atoms with van der Waals surface area (Å²) in [4.78, 5) is 16.8. The normalized spacial score (nSPS) is 16.5. The maximum Gasteiger partial charge on any atom is 0.200 e. The largest absolute Gasteiger partial charge is 0.288 e. The van der Waals surface area contributed by atoms with Crippen molar-refractivity contribution in [3.63, 3.8) is 0 Å². The van der Waals surface area contributed by atoms with E-state index in [2.05, 4.69) is 11.1 Å². The van der Waals surface area contributed by atoms with Crippen LogP contribution < -0.4 is 0 Å². The number of aryl methyl sites for hydroxylation is 1. The number of hydrogen-bond donors (Lipinski definition) is 0. The van der Waals surface area contributed by atoms with Crippen molar-refractivity contribution in [3.05, 3.63) is 27.7 Å². The molecule has 74 valence electrons. The second kappa shape index (κ2) is 4.05. The van der Waals surface area contributed by atoms with Gasteiger partial charge in [-0.3, -0.25) is 4.79 Å². The van der Waals surface area contributed by atoms with Crippen molar-refractivity contribution in [2.24, 2.45) is 0 Å². The molecule has 2 rings (SSSR count). The minimum atomic E-state index is 0.190. The fraction of sp³-hybridized carbons (Fsp3) is 0.455. The molecule has 1 aliphatic rings. The molecule has 0 aromatic carbocycles. The van der Waals surface area contributed by atoms with E-state index in [0.717, 1.165) is 34.7 Å². The molecular formula is C11H13NOS. The minimum Gasteiger partial charge on any atom is -0.288 e. The number of nitrogens with zero attached hydrogens (tertiary/aromatic N) is 1. The summed E-state index contributed by atoms with van der Waals surface area (Å²) in [6, 6.07) is 0. The number of thiazole rings is 1. The number of allylic oxidation sites excluding steroid dienone is 2. The lowest BCUT2D eigenvalue weighted by Crippen LogP contribution is -2.04. The Morgan fingerprint density at radius 3 is 2.93 bits per heavy atom. The van der Waals surface area contributed by atoms with E-state index in [-0.39, 0.29) is 5.78 Å². The lowest BCUT2D eigenvalue weighted by molar-refractivity contribution is 0.103. The van der Waals surface area contributed by atoms with Gasteiger partial charge in [0.25, 0.3) is 0 Å². The highest BCUT2D eigenvalue weighted by Gasteiger charge is 2.16. The smallest absolute Gasteiger partial charge is 0.200 e. The first-order valence-corrected chi connectivity index (χ1v) is 5.75. The van der Waals surface area contributed by atoms with Crippen LogP contribution in [0.2, 0.25) is 0 Å². The first-order valence-electron chi connectivity index (χ1n) is 4.93. The quantitative estimate of drug-likeness (QED) is 0.697. The molecule has 1 aromatic heterocycles. The molecule has 0 aliphatic heterocycles. The molecule has 0 spiro atoms. The number of rotatable bonds is 2. The topological polar surface area (TPSA) is 30.0 Å². The van der Waals surface area contributed by atoms with Gasteiger partial charge in [-0.05, 0) is 38.2 Å². The van der Waals surface area contributed by atoms with Crippen LogP contribution in [0.3, 0.4) is 0 Å². The van der Waals surface area contributed by atoms with Crippen LogP contribution >= 0.6 is 11.3 Å². The molecule has 0 saturated carbocycles. The van der Waals surface area contributed by atoms with E-state index in [0.29, 0.717) is 0 Å². The van der Waals surface area contributed by atoms with Gasteiger partial charge in [0.2, 0.25) is 0 Å². The molecule has 0 radical (unpaired) electrons. The zero-order valence-electron chi connectivity index (χ0n) is 8.25. The molecule has 0 unspecified atom stereocenters. The first-order chi connectivity index (χ1) is 6.77. The zero-order valence-corrected chi connectivity index (χ0v) is 9.06. The van der Waals surface area contributed by atoms with Crippen LogP contribution in [0, 0.1) is 6.92 Å². The summed E-state index contributed by atoms with van der Waals surface area (Å²) in [7, 11) is 0. The average Bonchev–Trinajstić information content (AvgIpc) is 2.65. The Morgan fingerprint density at radius 2 is 2.36 bits per heavy atom. The lowest BCUT2D eigenvalue weighted by Gasteiger charge is -2.09. The van der Waals surface area contributed by atoms with E-state index >= 15 is 0 Å². The maximum atomic E-state index is 11.9. The third kappa shape index (κ3) is 1.93. The Kier molecular flexibility index (Phi) is 2.77. The molecule has 14 heavy (non-hydrogen) atoms. The Labute approximate surface area is 87.7 Å². The molecule has 0 atom stereocenters. The van der Waals surface area contributed by atoms with Crippen molar-refractivity contribution in [1.29, 1.82) is 0 Å². The average molecular weight is 207 g/mol. The summed E-state index contributed by atoms with van der Waals surface area (Å²) in [5, 5.41) is 0.963. The van der Waals surface area contributed by atoms with Crippen LogP contribution in [-0.4, -0.2) is 10.8 Å². The van der Waals surface area contributed by atoms with Crippen molar-refractivity contribution < 1.29 is 4.79 Å². The van der Waals surface area contributed by atoms with Gasteiger partial charge in [0, 0.05) is 6.20 Å². The standard InChI is InChI=1S/C11H13NOS/c1-8-12-7-10(14-8)11(13)9-5-3-2-4-6-9/h5,7H,2-4,6H2,1H3. The third-order valence-electron chi connectivity index (χ3n) is 2.43. The third-order valence-corrected chi connectivity index (χ3v) is 3.34. The summed E-state index contributed by atoms with van der Waals surface area (Å²) in [5.74, 6) is 0.190. The summed E-state index contributed by atoms with van der Waals surface area (Å²) >= 11 is 1.49. The van der Waals surface area contributed by atoms with E-state index < -0.39 is 0 Å². The second-order valence-electron chi connectivity index (χ2n) is 3.55. The molecular weight excluding hydrogens is 194 g/mol. The van der Waals surface area contributed by atoms with Crippen molar-refractivity contribution in [2.45, 2.75) is 32.6 Å². The van der Waals surface area contributed by atoms with Gasteiger partial charge >= 0.3 is 0 Å². The van der Waals surface area contributed by atoms with Gasteiger partial charge in [-0.2, -0.15) is 0 Å². The van der Waals surface area contributed by atoms with Crippen LogP contribution in [0.25, 0.3) is 0 Å². The van der Waals surface area contributed by atoms with E-state index in [1.54, 1.807) is 6.20 Å². The van der Waals surface area contributed by atoms with Crippen LogP contribution in [0.1, 0.15) is 40.4 Å². The molecule has 1 aromatic rings. The molecule has 2 nitrogen and oxygen atoms in total. The van der Waals surface area contributed by atoms with Gasteiger partial charge in [0.1, 0.15) is 0 Å². The van der Waals surface area contributed by atoms with Gasteiger partial charge in [-0.25, -0.2) is 4.98 Å². The highest BCUT2D eigenvalue weighted by atomic mass is 32.1. The minimum absolute atomic E-state index is 0.190. The number of Topliss-reactive ketones (excluding diaryl/α,β-unsaturated/α-hetero) is 1. The Hall–Kier alpha value is -0.960. The van der Waals surface area contributed by atoms with E-state index in [1.807, 2.05) is 6.92 Å². The molecule has 0 amide bonds. The van der Waals surface area contributed by atoms with E-state index in [1.165, 1.54) is 17.8 Å². The molecule has 1 aliphatic carbocycles. The number of ketones is 1. The van der Waals surface area contributed by atoms with Crippen LogP contribution in [0.4, 0.5) is 0 Å². The lowest BCUT2D eigenvalue weighted by atomic mass is 9.96. The van der Waals surface area contributed by atoms with Crippen molar-refractivity contribution >= 4 is 17.1 Å².